The van der Waals surface area contributed by atoms with Crippen molar-refractivity contribution in [2.45, 2.75) is 32.2 Å². The molecule has 3 aromatic rings. The summed E-state index contributed by atoms with van der Waals surface area (Å²) in [5.41, 5.74) is 3.09. The molecule has 0 amide bonds. The number of imidazole rings is 1. The molecule has 0 bridgehead atoms. The Kier molecular flexibility index (Phi) is 6.05. The lowest BCUT2D eigenvalue weighted by atomic mass is 9.98. The fraction of sp³-hybridized carbons (Fsp3) is 0.227. The monoisotopic (exact) mass is 377 g/mol. The zero-order valence-corrected chi connectivity index (χ0v) is 15.9. The minimum absolute atomic E-state index is 0.130. The van der Waals surface area contributed by atoms with Crippen molar-refractivity contribution in [3.8, 4) is 6.07 Å². The Balaban J connectivity index is 1.71. The van der Waals surface area contributed by atoms with Gasteiger partial charge in [-0.05, 0) is 36.1 Å². The first-order valence-corrected chi connectivity index (χ1v) is 9.18. The molecule has 2 aromatic carbocycles. The van der Waals surface area contributed by atoms with Crippen LogP contribution >= 0.6 is 11.6 Å². The molecule has 0 saturated heterocycles. The molecule has 0 unspecified atom stereocenters. The van der Waals surface area contributed by atoms with Crippen LogP contribution in [0.25, 0.3) is 0 Å². The second kappa shape index (κ2) is 8.66. The molecule has 4 nitrogen and oxygen atoms in total. The lowest BCUT2D eigenvalue weighted by Gasteiger charge is -2.12. The maximum absolute atomic E-state index is 12.7. The lowest BCUT2D eigenvalue weighted by molar-refractivity contribution is -0.119. The molecule has 0 N–H and O–H groups in total. The van der Waals surface area contributed by atoms with Crippen molar-refractivity contribution in [1.29, 1.82) is 5.26 Å². The number of nitriles is 1. The van der Waals surface area contributed by atoms with E-state index in [1.54, 1.807) is 12.4 Å². The van der Waals surface area contributed by atoms with E-state index in [2.05, 4.69) is 11.1 Å². The van der Waals surface area contributed by atoms with Gasteiger partial charge in [0.2, 0.25) is 0 Å². The van der Waals surface area contributed by atoms with Gasteiger partial charge >= 0.3 is 0 Å². The minimum atomic E-state index is -0.871. The van der Waals surface area contributed by atoms with Gasteiger partial charge in [-0.25, -0.2) is 4.98 Å². The second-order valence-electron chi connectivity index (χ2n) is 6.51. The summed E-state index contributed by atoms with van der Waals surface area (Å²) in [5.74, 6) is -0.507. The molecule has 0 saturated carbocycles. The number of aromatic nitrogens is 2. The number of halogens is 1. The van der Waals surface area contributed by atoms with Gasteiger partial charge in [-0.1, -0.05) is 54.1 Å². The maximum atomic E-state index is 12.7. The van der Waals surface area contributed by atoms with E-state index in [-0.39, 0.29) is 12.2 Å². The molecule has 1 aromatic heterocycles. The smallest absolute Gasteiger partial charge is 0.162 e. The quantitative estimate of drug-likeness (QED) is 0.599. The largest absolute Gasteiger partial charge is 0.329 e. The number of Topliss-reactive ketones (excluding diaryl/α,β-unsaturated/α-hetero) is 1. The van der Waals surface area contributed by atoms with E-state index in [1.165, 1.54) is 0 Å². The van der Waals surface area contributed by atoms with Crippen molar-refractivity contribution >= 4 is 17.4 Å². The number of carbonyl (C=O) groups is 1. The highest BCUT2D eigenvalue weighted by Crippen LogP contribution is 2.21. The van der Waals surface area contributed by atoms with Crippen molar-refractivity contribution in [1.82, 2.24) is 9.55 Å². The summed E-state index contributed by atoms with van der Waals surface area (Å²) in [5, 5.41) is 10.3. The first kappa shape index (κ1) is 18.9. The summed E-state index contributed by atoms with van der Waals surface area (Å²) < 4.78 is 1.86. The lowest BCUT2D eigenvalue weighted by Crippen LogP contribution is -2.17. The Morgan fingerprint density at radius 3 is 2.70 bits per heavy atom. The molecule has 0 aliphatic carbocycles. The number of ketones is 1. The molecule has 27 heavy (non-hydrogen) atoms. The van der Waals surface area contributed by atoms with Crippen molar-refractivity contribution in [2.24, 2.45) is 0 Å². The van der Waals surface area contributed by atoms with Crippen LogP contribution in [0.3, 0.4) is 0 Å². The minimum Gasteiger partial charge on any atom is -0.329 e. The van der Waals surface area contributed by atoms with Gasteiger partial charge in [0.15, 0.2) is 11.7 Å². The van der Waals surface area contributed by atoms with Crippen LogP contribution in [0.1, 0.15) is 34.9 Å². The first-order valence-electron chi connectivity index (χ1n) is 8.81. The van der Waals surface area contributed by atoms with Crippen LogP contribution in [-0.4, -0.2) is 15.3 Å². The van der Waals surface area contributed by atoms with Crippen LogP contribution in [0, 0.1) is 18.3 Å². The van der Waals surface area contributed by atoms with E-state index in [9.17, 15) is 10.1 Å². The molecule has 3 rings (SSSR count). The highest BCUT2D eigenvalue weighted by atomic mass is 35.5. The number of carbonyl (C=O) groups excluding carboxylic acids is 1. The van der Waals surface area contributed by atoms with E-state index in [1.807, 2.05) is 60.0 Å². The van der Waals surface area contributed by atoms with Crippen molar-refractivity contribution in [3.05, 3.63) is 88.5 Å². The van der Waals surface area contributed by atoms with E-state index in [0.717, 1.165) is 16.7 Å². The molecule has 1 heterocycles. The zero-order valence-electron chi connectivity index (χ0n) is 15.1. The number of rotatable bonds is 7. The molecular weight excluding hydrogens is 358 g/mol. The molecule has 0 aliphatic rings. The third-order valence-corrected chi connectivity index (χ3v) is 4.96. The Hall–Kier alpha value is -2.90. The molecule has 0 aliphatic heterocycles. The van der Waals surface area contributed by atoms with Crippen molar-refractivity contribution < 1.29 is 4.79 Å². The van der Waals surface area contributed by atoms with Crippen LogP contribution in [0.4, 0.5) is 0 Å². The van der Waals surface area contributed by atoms with Gasteiger partial charge in [-0.2, -0.15) is 5.26 Å². The van der Waals surface area contributed by atoms with E-state index < -0.39 is 5.92 Å². The van der Waals surface area contributed by atoms with Crippen LogP contribution in [-0.2, 0) is 17.8 Å². The summed E-state index contributed by atoms with van der Waals surface area (Å²) in [6.07, 6.45) is 4.27. The topological polar surface area (TPSA) is 58.7 Å². The fourth-order valence-electron chi connectivity index (χ4n) is 2.97. The van der Waals surface area contributed by atoms with Gasteiger partial charge in [-0.3, -0.25) is 4.79 Å². The number of hydrogen-bond donors (Lipinski definition) is 0. The van der Waals surface area contributed by atoms with E-state index in [4.69, 9.17) is 11.6 Å². The van der Waals surface area contributed by atoms with Crippen LogP contribution in [0.2, 0.25) is 5.02 Å². The third kappa shape index (κ3) is 4.64. The first-order chi connectivity index (χ1) is 13.1. The summed E-state index contributed by atoms with van der Waals surface area (Å²) in [6, 6.07) is 17.8. The molecule has 1 atom stereocenters. The summed E-state index contributed by atoms with van der Waals surface area (Å²) in [7, 11) is 0. The van der Waals surface area contributed by atoms with Crippen molar-refractivity contribution in [2.75, 3.05) is 0 Å². The molecule has 5 heteroatoms. The van der Waals surface area contributed by atoms with Gasteiger partial charge in [0.25, 0.3) is 0 Å². The van der Waals surface area contributed by atoms with Gasteiger partial charge in [0, 0.05) is 30.4 Å². The standard InChI is InChI=1S/C22H20ClN3O/c1-16-7-8-17(13-20(16)23)9-10-21(27)19(14-24)22-25-11-12-26(22)15-18-5-3-2-4-6-18/h2-8,11-13,19H,9-10,15H2,1H3/t19-/m1/s1. The van der Waals surface area contributed by atoms with Gasteiger partial charge in [0.05, 0.1) is 6.07 Å². The van der Waals surface area contributed by atoms with Crippen LogP contribution in [0.15, 0.2) is 60.9 Å². The maximum Gasteiger partial charge on any atom is 0.162 e. The Morgan fingerprint density at radius 1 is 1.22 bits per heavy atom. The normalized spacial score (nSPS) is 11.7. The van der Waals surface area contributed by atoms with Crippen LogP contribution in [0.5, 0.6) is 0 Å². The van der Waals surface area contributed by atoms with Gasteiger partial charge < -0.3 is 4.57 Å². The molecule has 0 spiro atoms. The summed E-state index contributed by atoms with van der Waals surface area (Å²) >= 11 is 6.15. The predicted octanol–water partition coefficient (Wildman–Crippen LogP) is 4.70. The Morgan fingerprint density at radius 2 is 2.00 bits per heavy atom. The number of nitrogens with zero attached hydrogens (tertiary/aromatic N) is 3. The summed E-state index contributed by atoms with van der Waals surface area (Å²) in [4.78, 5) is 17.0. The molecule has 0 radical (unpaired) electrons. The SMILES string of the molecule is Cc1ccc(CCC(=O)[C@@H](C#N)c2nccn2Cc2ccccc2)cc1Cl. The van der Waals surface area contributed by atoms with E-state index >= 15 is 0 Å². The highest BCUT2D eigenvalue weighted by Gasteiger charge is 2.24. The number of hydrogen-bond acceptors (Lipinski definition) is 3. The number of benzene rings is 2. The molecule has 136 valence electrons. The second-order valence-corrected chi connectivity index (χ2v) is 6.92. The van der Waals surface area contributed by atoms with Crippen LogP contribution < -0.4 is 0 Å². The average Bonchev–Trinajstić information content (AvgIpc) is 3.12. The van der Waals surface area contributed by atoms with Gasteiger partial charge in [0.1, 0.15) is 5.82 Å². The highest BCUT2D eigenvalue weighted by molar-refractivity contribution is 6.31. The predicted molar refractivity (Wildman–Crippen MR) is 106 cm³/mol. The molecular formula is C22H20ClN3O. The Bertz CT molecular complexity index is 973. The van der Waals surface area contributed by atoms with Gasteiger partial charge in [-0.15, -0.1) is 0 Å². The van der Waals surface area contributed by atoms with E-state index in [0.29, 0.717) is 23.8 Å². The summed E-state index contributed by atoms with van der Waals surface area (Å²) in [6.45, 7) is 2.52. The Labute approximate surface area is 164 Å². The molecule has 0 fully saturated rings. The third-order valence-electron chi connectivity index (χ3n) is 4.55. The number of aryl methyl sites for hydroxylation is 2. The average molecular weight is 378 g/mol. The zero-order chi connectivity index (χ0) is 19.2. The van der Waals surface area contributed by atoms with Crippen molar-refractivity contribution in [3.63, 3.8) is 0 Å². The fourth-order valence-corrected chi connectivity index (χ4v) is 3.18.